The largest absolute Gasteiger partial charge is 0.311 e. The Kier molecular flexibility index (Phi) is 5.41. The molecule has 0 saturated carbocycles. The molecule has 1 spiro atoms. The molecule has 0 aliphatic carbocycles. The number of hydrogen-bond acceptors (Lipinski definition) is 3. The molecule has 1 fully saturated rings. The molecular formula is C25H19ClF2N2O2S. The Morgan fingerprint density at radius 1 is 1.12 bits per heavy atom. The lowest BCUT2D eigenvalue weighted by Gasteiger charge is -2.33. The van der Waals surface area contributed by atoms with E-state index >= 15 is 0 Å². The van der Waals surface area contributed by atoms with E-state index in [9.17, 15) is 18.4 Å². The minimum Gasteiger partial charge on any atom is -0.311 e. The zero-order valence-corrected chi connectivity index (χ0v) is 19.2. The molecule has 0 aromatic heterocycles. The number of fused-ring (bicyclic) bond motifs is 2. The first kappa shape index (κ1) is 21.9. The summed E-state index contributed by atoms with van der Waals surface area (Å²) < 4.78 is 27.9. The Morgan fingerprint density at radius 2 is 1.94 bits per heavy atom. The molecule has 168 valence electrons. The first-order chi connectivity index (χ1) is 15.8. The van der Waals surface area contributed by atoms with Crippen molar-refractivity contribution < 1.29 is 18.4 Å². The van der Waals surface area contributed by atoms with Crippen LogP contribution in [0.4, 0.5) is 14.5 Å². The van der Waals surface area contributed by atoms with E-state index in [0.29, 0.717) is 34.1 Å². The van der Waals surface area contributed by atoms with Crippen molar-refractivity contribution in [2.24, 2.45) is 0 Å². The Morgan fingerprint density at radius 3 is 2.70 bits per heavy atom. The summed E-state index contributed by atoms with van der Waals surface area (Å²) in [6.45, 7) is 2.24. The number of halogens is 3. The summed E-state index contributed by atoms with van der Waals surface area (Å²) in [5.41, 5.74) is 2.86. The number of amides is 2. The standard InChI is InChI=1S/C25H19ClF2N2O2S/c1-15-5-8-22-20(11-15)25(24(32)29(22)14-17-6-7-19(27)13-21(17)28)30(9-10-33-25)23(31)16-3-2-4-18(26)12-16/h2-8,11-13H,9-10,14H2,1H3/t25-/m0/s1. The summed E-state index contributed by atoms with van der Waals surface area (Å²) in [7, 11) is 0. The summed E-state index contributed by atoms with van der Waals surface area (Å²) in [6.07, 6.45) is 0. The quantitative estimate of drug-likeness (QED) is 0.492. The van der Waals surface area contributed by atoms with E-state index in [0.717, 1.165) is 11.6 Å². The normalized spacial score (nSPS) is 19.5. The van der Waals surface area contributed by atoms with Crippen molar-refractivity contribution >= 4 is 40.9 Å². The van der Waals surface area contributed by atoms with Crippen molar-refractivity contribution in [1.82, 2.24) is 4.90 Å². The molecule has 2 heterocycles. The summed E-state index contributed by atoms with van der Waals surface area (Å²) in [5, 5.41) is 0.434. The molecule has 4 nitrogen and oxygen atoms in total. The van der Waals surface area contributed by atoms with Crippen LogP contribution in [-0.4, -0.2) is 29.0 Å². The third-order valence-electron chi connectivity index (χ3n) is 6.01. The van der Waals surface area contributed by atoms with Crippen LogP contribution in [0.1, 0.15) is 27.0 Å². The topological polar surface area (TPSA) is 40.6 Å². The minimum absolute atomic E-state index is 0.0670. The third-order valence-corrected chi connectivity index (χ3v) is 7.66. The van der Waals surface area contributed by atoms with Gasteiger partial charge in [-0.05, 0) is 37.3 Å². The zero-order chi connectivity index (χ0) is 23.3. The highest BCUT2D eigenvalue weighted by molar-refractivity contribution is 8.01. The van der Waals surface area contributed by atoms with Crippen LogP contribution in [-0.2, 0) is 16.2 Å². The second-order valence-corrected chi connectivity index (χ2v) is 9.83. The van der Waals surface area contributed by atoms with Gasteiger partial charge in [-0.3, -0.25) is 9.59 Å². The van der Waals surface area contributed by atoms with E-state index in [1.807, 2.05) is 25.1 Å². The van der Waals surface area contributed by atoms with Gasteiger partial charge in [-0.25, -0.2) is 8.78 Å². The lowest BCUT2D eigenvalue weighted by atomic mass is 10.0. The van der Waals surface area contributed by atoms with Crippen molar-refractivity contribution in [3.63, 3.8) is 0 Å². The van der Waals surface area contributed by atoms with E-state index in [4.69, 9.17) is 11.6 Å². The fourth-order valence-corrected chi connectivity index (χ4v) is 6.13. The van der Waals surface area contributed by atoms with E-state index < -0.39 is 16.5 Å². The van der Waals surface area contributed by atoms with Crippen LogP contribution in [0.25, 0.3) is 0 Å². The SMILES string of the molecule is Cc1ccc2c(c1)[C@]1(SCCN1C(=O)c1cccc(Cl)c1)C(=O)N2Cc1ccc(F)cc1F. The van der Waals surface area contributed by atoms with Gasteiger partial charge < -0.3 is 9.80 Å². The molecule has 3 aromatic rings. The summed E-state index contributed by atoms with van der Waals surface area (Å²) in [6, 6.07) is 15.6. The molecule has 33 heavy (non-hydrogen) atoms. The summed E-state index contributed by atoms with van der Waals surface area (Å²) in [4.78, 5) is 29.3. The van der Waals surface area contributed by atoms with Gasteiger partial charge in [0.15, 0.2) is 4.87 Å². The van der Waals surface area contributed by atoms with Crippen LogP contribution in [0, 0.1) is 18.6 Å². The number of aryl methyl sites for hydroxylation is 1. The van der Waals surface area contributed by atoms with Crippen molar-refractivity contribution in [3.05, 3.63) is 99.6 Å². The maximum Gasteiger partial charge on any atom is 0.268 e. The van der Waals surface area contributed by atoms with Gasteiger partial charge in [-0.2, -0.15) is 0 Å². The number of anilines is 1. The van der Waals surface area contributed by atoms with Crippen LogP contribution in [0.15, 0.2) is 60.7 Å². The fraction of sp³-hybridized carbons (Fsp3) is 0.200. The van der Waals surface area contributed by atoms with Crippen molar-refractivity contribution in [2.45, 2.75) is 18.3 Å². The lowest BCUT2D eigenvalue weighted by Crippen LogP contribution is -2.50. The van der Waals surface area contributed by atoms with Gasteiger partial charge in [-0.1, -0.05) is 41.4 Å². The average molecular weight is 485 g/mol. The van der Waals surface area contributed by atoms with E-state index in [1.165, 1.54) is 28.8 Å². The zero-order valence-electron chi connectivity index (χ0n) is 17.6. The van der Waals surface area contributed by atoms with Crippen LogP contribution in [0.5, 0.6) is 0 Å². The predicted octanol–water partition coefficient (Wildman–Crippen LogP) is 5.52. The highest BCUT2D eigenvalue weighted by atomic mass is 35.5. The number of carbonyl (C=O) groups is 2. The number of nitrogens with zero attached hydrogens (tertiary/aromatic N) is 2. The molecule has 1 atom stereocenters. The minimum atomic E-state index is -1.25. The second kappa shape index (κ2) is 8.15. The van der Waals surface area contributed by atoms with Crippen molar-refractivity contribution in [1.29, 1.82) is 0 Å². The summed E-state index contributed by atoms with van der Waals surface area (Å²) >= 11 is 7.50. The number of hydrogen-bond donors (Lipinski definition) is 0. The van der Waals surface area contributed by atoms with E-state index in [-0.39, 0.29) is 23.9 Å². The molecule has 1 saturated heterocycles. The number of rotatable bonds is 3. The monoisotopic (exact) mass is 484 g/mol. The second-order valence-electron chi connectivity index (χ2n) is 8.11. The Bertz CT molecular complexity index is 1300. The Balaban J connectivity index is 1.60. The molecule has 8 heteroatoms. The molecule has 5 rings (SSSR count). The molecule has 3 aromatic carbocycles. The van der Waals surface area contributed by atoms with Crippen LogP contribution in [0.2, 0.25) is 5.02 Å². The number of carbonyl (C=O) groups excluding carboxylic acids is 2. The maximum absolute atomic E-state index is 14.4. The van der Waals surface area contributed by atoms with E-state index in [1.54, 1.807) is 29.2 Å². The third kappa shape index (κ3) is 3.50. The first-order valence-electron chi connectivity index (χ1n) is 10.4. The van der Waals surface area contributed by atoms with Crippen LogP contribution >= 0.6 is 23.4 Å². The van der Waals surface area contributed by atoms with Gasteiger partial charge in [0.05, 0.1) is 12.2 Å². The fourth-order valence-electron chi connectivity index (χ4n) is 4.48. The first-order valence-corrected chi connectivity index (χ1v) is 11.8. The lowest BCUT2D eigenvalue weighted by molar-refractivity contribution is -0.123. The van der Waals surface area contributed by atoms with Crippen molar-refractivity contribution in [2.75, 3.05) is 17.2 Å². The van der Waals surface area contributed by atoms with E-state index in [2.05, 4.69) is 0 Å². The molecule has 0 bridgehead atoms. The van der Waals surface area contributed by atoms with Crippen molar-refractivity contribution in [3.8, 4) is 0 Å². The van der Waals surface area contributed by atoms with Crippen LogP contribution in [0.3, 0.4) is 0 Å². The molecule has 0 unspecified atom stereocenters. The predicted molar refractivity (Wildman–Crippen MR) is 125 cm³/mol. The van der Waals surface area contributed by atoms with Gasteiger partial charge in [0.25, 0.3) is 11.8 Å². The molecule has 2 aliphatic heterocycles. The highest BCUT2D eigenvalue weighted by Gasteiger charge is 2.59. The Hall–Kier alpha value is -2.90. The van der Waals surface area contributed by atoms with Crippen LogP contribution < -0.4 is 4.90 Å². The van der Waals surface area contributed by atoms with Gasteiger partial charge in [0, 0.05) is 40.1 Å². The highest BCUT2D eigenvalue weighted by Crippen LogP contribution is 2.55. The molecule has 2 aliphatic rings. The average Bonchev–Trinajstić information content (AvgIpc) is 3.32. The van der Waals surface area contributed by atoms with Gasteiger partial charge >= 0.3 is 0 Å². The molecule has 0 N–H and O–H groups in total. The van der Waals surface area contributed by atoms with Gasteiger partial charge in [0.1, 0.15) is 11.6 Å². The summed E-state index contributed by atoms with van der Waals surface area (Å²) in [5.74, 6) is -1.43. The molecule has 0 radical (unpaired) electrons. The maximum atomic E-state index is 14.4. The Labute approximate surface area is 199 Å². The molecular weight excluding hydrogens is 466 g/mol. The number of thioether (sulfide) groups is 1. The van der Waals surface area contributed by atoms with Gasteiger partial charge in [-0.15, -0.1) is 11.8 Å². The number of benzene rings is 3. The van der Waals surface area contributed by atoms with Gasteiger partial charge in [0.2, 0.25) is 0 Å². The smallest absolute Gasteiger partial charge is 0.268 e. The molecule has 2 amide bonds.